The third-order valence-corrected chi connectivity index (χ3v) is 2.58. The van der Waals surface area contributed by atoms with Crippen molar-refractivity contribution in [1.29, 1.82) is 0 Å². The van der Waals surface area contributed by atoms with Gasteiger partial charge in [0.05, 0.1) is 17.6 Å². The van der Waals surface area contributed by atoms with Crippen LogP contribution in [0.15, 0.2) is 36.7 Å². The second-order valence-corrected chi connectivity index (χ2v) is 3.84. The Morgan fingerprint density at radius 2 is 1.94 bits per heavy atom. The minimum atomic E-state index is 0.389. The molecule has 0 fully saturated rings. The maximum absolute atomic E-state index is 5.86. The van der Waals surface area contributed by atoms with Gasteiger partial charge in [-0.05, 0) is 12.1 Å². The molecule has 3 aromatic rings. The number of hydrogen-bond acceptors (Lipinski definition) is 5. The van der Waals surface area contributed by atoms with Crippen LogP contribution in [0.2, 0.25) is 0 Å². The molecule has 3 rings (SSSR count). The lowest BCUT2D eigenvalue weighted by molar-refractivity contribution is 0.989. The zero-order chi connectivity index (χ0) is 12.4. The molecule has 6 nitrogen and oxygen atoms in total. The Balaban J connectivity index is 1.89. The first-order valence-electron chi connectivity index (χ1n) is 5.57. The fourth-order valence-corrected chi connectivity index (χ4v) is 1.71. The Kier molecular flexibility index (Phi) is 2.53. The Morgan fingerprint density at radius 1 is 1.17 bits per heavy atom. The average Bonchev–Trinajstić information content (AvgIpc) is 2.89. The smallest absolute Gasteiger partial charge is 0.169 e. The quantitative estimate of drug-likeness (QED) is 0.646. The third-order valence-electron chi connectivity index (χ3n) is 2.58. The molecule has 2 heterocycles. The Labute approximate surface area is 103 Å². The Hall–Kier alpha value is -2.63. The van der Waals surface area contributed by atoms with Gasteiger partial charge in [-0.3, -0.25) is 0 Å². The van der Waals surface area contributed by atoms with Crippen LogP contribution in [0.1, 0.15) is 5.82 Å². The molecular weight excluding hydrogens is 228 g/mol. The highest BCUT2D eigenvalue weighted by atomic mass is 15.1. The molecule has 6 heteroatoms. The number of rotatable bonds is 3. The third kappa shape index (κ3) is 1.95. The number of nitrogen functional groups attached to an aromatic ring is 1. The van der Waals surface area contributed by atoms with Gasteiger partial charge in [0.15, 0.2) is 11.6 Å². The predicted octanol–water partition coefficient (Wildman–Crippen LogP) is 1.55. The van der Waals surface area contributed by atoms with Gasteiger partial charge < -0.3 is 16.0 Å². The molecule has 18 heavy (non-hydrogen) atoms. The number of nitrogens with one attached hydrogen (secondary N) is 2. The van der Waals surface area contributed by atoms with Gasteiger partial charge >= 0.3 is 0 Å². The number of aromatic amines is 1. The molecule has 0 bridgehead atoms. The molecule has 0 unspecified atom stereocenters. The molecule has 0 spiro atoms. The minimum absolute atomic E-state index is 0.389. The number of fused-ring (bicyclic) bond motifs is 1. The summed E-state index contributed by atoms with van der Waals surface area (Å²) in [5.41, 5.74) is 7.46. The van der Waals surface area contributed by atoms with Crippen LogP contribution in [0.5, 0.6) is 0 Å². The largest absolute Gasteiger partial charge is 0.381 e. The van der Waals surface area contributed by atoms with E-state index >= 15 is 0 Å². The molecule has 0 saturated carbocycles. The van der Waals surface area contributed by atoms with Gasteiger partial charge in [0, 0.05) is 12.4 Å². The zero-order valence-corrected chi connectivity index (χ0v) is 9.59. The van der Waals surface area contributed by atoms with Gasteiger partial charge in [-0.1, -0.05) is 12.1 Å². The van der Waals surface area contributed by atoms with Crippen LogP contribution >= 0.6 is 0 Å². The van der Waals surface area contributed by atoms with Crippen molar-refractivity contribution in [1.82, 2.24) is 19.9 Å². The number of hydrogen-bond donors (Lipinski definition) is 3. The van der Waals surface area contributed by atoms with E-state index in [1.54, 1.807) is 12.4 Å². The lowest BCUT2D eigenvalue weighted by Crippen LogP contribution is -2.07. The van der Waals surface area contributed by atoms with E-state index in [9.17, 15) is 0 Å². The van der Waals surface area contributed by atoms with Crippen molar-refractivity contribution in [2.75, 3.05) is 11.1 Å². The Bertz CT molecular complexity index is 661. The summed E-state index contributed by atoms with van der Waals surface area (Å²) in [6.07, 6.45) is 3.47. The van der Waals surface area contributed by atoms with E-state index in [0.29, 0.717) is 18.2 Å². The fraction of sp³-hybridized carbons (Fsp3) is 0.0833. The van der Waals surface area contributed by atoms with Crippen molar-refractivity contribution < 1.29 is 0 Å². The summed E-state index contributed by atoms with van der Waals surface area (Å²) >= 11 is 0. The van der Waals surface area contributed by atoms with E-state index in [-0.39, 0.29) is 0 Å². The first-order valence-corrected chi connectivity index (χ1v) is 5.57. The molecular formula is C12H12N6. The van der Waals surface area contributed by atoms with E-state index in [1.165, 1.54) is 0 Å². The maximum Gasteiger partial charge on any atom is 0.169 e. The van der Waals surface area contributed by atoms with Crippen LogP contribution < -0.4 is 11.1 Å². The van der Waals surface area contributed by atoms with Gasteiger partial charge in [0.1, 0.15) is 5.82 Å². The summed E-state index contributed by atoms with van der Waals surface area (Å²) < 4.78 is 0. The molecule has 0 aliphatic carbocycles. The number of benzene rings is 1. The van der Waals surface area contributed by atoms with Crippen LogP contribution in [0.25, 0.3) is 11.0 Å². The number of nitrogens with zero attached hydrogens (tertiary/aromatic N) is 3. The highest BCUT2D eigenvalue weighted by Crippen LogP contribution is 2.18. The van der Waals surface area contributed by atoms with Crippen molar-refractivity contribution >= 4 is 22.7 Å². The highest BCUT2D eigenvalue weighted by molar-refractivity contribution is 5.79. The van der Waals surface area contributed by atoms with Gasteiger partial charge in [0.2, 0.25) is 0 Å². The molecule has 0 aliphatic heterocycles. The lowest BCUT2D eigenvalue weighted by atomic mass is 10.3. The SMILES string of the molecule is Nc1nc2ccccc2nc1NCc1ncc[nH]1. The average molecular weight is 240 g/mol. The van der Waals surface area contributed by atoms with Crippen molar-refractivity contribution in [3.05, 3.63) is 42.5 Å². The first kappa shape index (κ1) is 10.5. The van der Waals surface area contributed by atoms with E-state index in [1.807, 2.05) is 24.3 Å². The molecule has 0 amide bonds. The van der Waals surface area contributed by atoms with Gasteiger partial charge in [-0.2, -0.15) is 0 Å². The van der Waals surface area contributed by atoms with Crippen molar-refractivity contribution in [2.45, 2.75) is 6.54 Å². The van der Waals surface area contributed by atoms with Crippen LogP contribution in [0, 0.1) is 0 Å². The molecule has 90 valence electrons. The summed E-state index contributed by atoms with van der Waals surface area (Å²) in [6, 6.07) is 7.62. The van der Waals surface area contributed by atoms with Gasteiger partial charge in [-0.15, -0.1) is 0 Å². The topological polar surface area (TPSA) is 92.5 Å². The number of H-pyrrole nitrogens is 1. The number of para-hydroxylation sites is 2. The fourth-order valence-electron chi connectivity index (χ4n) is 1.71. The Morgan fingerprint density at radius 3 is 2.67 bits per heavy atom. The number of aromatic nitrogens is 4. The van der Waals surface area contributed by atoms with Crippen LogP contribution in [0.4, 0.5) is 11.6 Å². The van der Waals surface area contributed by atoms with Gasteiger partial charge in [0.25, 0.3) is 0 Å². The van der Waals surface area contributed by atoms with Crippen LogP contribution in [0.3, 0.4) is 0 Å². The van der Waals surface area contributed by atoms with E-state index < -0.39 is 0 Å². The normalized spacial score (nSPS) is 10.7. The lowest BCUT2D eigenvalue weighted by Gasteiger charge is -2.07. The standard InChI is InChI=1S/C12H12N6/c13-11-12(16-7-10-14-5-6-15-10)18-9-4-2-1-3-8(9)17-11/h1-6H,7H2,(H2,13,17)(H,14,15)(H,16,18). The number of nitrogens with two attached hydrogens (primary N) is 1. The number of anilines is 2. The van der Waals surface area contributed by atoms with E-state index in [2.05, 4.69) is 25.3 Å². The highest BCUT2D eigenvalue weighted by Gasteiger charge is 2.05. The van der Waals surface area contributed by atoms with E-state index in [4.69, 9.17) is 5.73 Å². The second-order valence-electron chi connectivity index (χ2n) is 3.84. The monoisotopic (exact) mass is 240 g/mol. The molecule has 4 N–H and O–H groups in total. The van der Waals surface area contributed by atoms with Crippen molar-refractivity contribution in [3.63, 3.8) is 0 Å². The maximum atomic E-state index is 5.86. The van der Waals surface area contributed by atoms with E-state index in [0.717, 1.165) is 16.9 Å². The molecule has 0 atom stereocenters. The second kappa shape index (κ2) is 4.33. The predicted molar refractivity (Wildman–Crippen MR) is 69.9 cm³/mol. The summed E-state index contributed by atoms with van der Waals surface area (Å²) in [7, 11) is 0. The van der Waals surface area contributed by atoms with Crippen molar-refractivity contribution in [2.24, 2.45) is 0 Å². The summed E-state index contributed by atoms with van der Waals surface area (Å²) in [4.78, 5) is 15.8. The molecule has 1 aromatic carbocycles. The van der Waals surface area contributed by atoms with Crippen molar-refractivity contribution in [3.8, 4) is 0 Å². The molecule has 0 aliphatic rings. The molecule has 2 aromatic heterocycles. The molecule has 0 saturated heterocycles. The van der Waals surface area contributed by atoms with Gasteiger partial charge in [-0.25, -0.2) is 15.0 Å². The van der Waals surface area contributed by atoms with Crippen LogP contribution in [-0.2, 0) is 6.54 Å². The number of imidazole rings is 1. The summed E-state index contributed by atoms with van der Waals surface area (Å²) in [5.74, 6) is 1.79. The minimum Gasteiger partial charge on any atom is -0.381 e. The molecule has 0 radical (unpaired) electrons. The zero-order valence-electron chi connectivity index (χ0n) is 9.59. The first-order chi connectivity index (χ1) is 8.83. The summed E-state index contributed by atoms with van der Waals surface area (Å²) in [6.45, 7) is 0.532. The summed E-state index contributed by atoms with van der Waals surface area (Å²) in [5, 5.41) is 3.12. The van der Waals surface area contributed by atoms with Crippen LogP contribution in [-0.4, -0.2) is 19.9 Å².